The first kappa shape index (κ1) is 27.8. The van der Waals surface area contributed by atoms with E-state index in [9.17, 15) is 18.9 Å². The van der Waals surface area contributed by atoms with Crippen LogP contribution in [0.15, 0.2) is 106 Å². The molecule has 4 rings (SSSR count). The van der Waals surface area contributed by atoms with Crippen molar-refractivity contribution < 1.29 is 18.6 Å². The van der Waals surface area contributed by atoms with Gasteiger partial charge in [-0.2, -0.15) is 0 Å². The quantitative estimate of drug-likeness (QED) is 0.160. The minimum Gasteiger partial charge on any atom is -0.460 e. The van der Waals surface area contributed by atoms with Crippen molar-refractivity contribution >= 4 is 24.3 Å². The predicted molar refractivity (Wildman–Crippen MR) is 151 cm³/mol. The molecule has 0 aliphatic rings. The van der Waals surface area contributed by atoms with E-state index in [1.165, 1.54) is 16.8 Å². The van der Waals surface area contributed by atoms with Crippen molar-refractivity contribution in [3.05, 3.63) is 123 Å². The Labute approximate surface area is 225 Å². The summed E-state index contributed by atoms with van der Waals surface area (Å²) in [5, 5.41) is 4.58. The third-order valence-electron chi connectivity index (χ3n) is 5.96. The highest BCUT2D eigenvalue weighted by atomic mass is 31.2. The highest BCUT2D eigenvalue weighted by Crippen LogP contribution is 2.46. The molecule has 39 heavy (non-hydrogen) atoms. The number of carbonyl (C=O) groups excluding carboxylic acids is 1. The normalized spacial score (nSPS) is 13.9. The Morgan fingerprint density at radius 3 is 2.51 bits per heavy atom. The van der Waals surface area contributed by atoms with Gasteiger partial charge in [0.15, 0.2) is 0 Å². The lowest BCUT2D eigenvalue weighted by Crippen LogP contribution is -2.35. The summed E-state index contributed by atoms with van der Waals surface area (Å²) < 4.78 is 27.1. The number of esters is 1. The SMILES string of the molecule is C/C(=C\CP(=O)(N[C@@H](C)C(=O)OCc1ccccc1)Oc1cccc2ccccc12)Cn1ccc(=O)[nH]c1=O. The molecule has 3 aromatic carbocycles. The standard InChI is InChI=1S/C29H30N3O6P/c1-21(19-32-17-15-27(33)30-29(32)35)16-18-39(36,38-26-14-8-12-24-11-6-7-13-25(24)26)31-22(2)28(34)37-20-23-9-4-3-5-10-23/h3-17,22H,18-20H2,1-2H3,(H,31,36)(H,30,33,35)/b21-16+/t22-,39?/m0/s1. The molecule has 0 fully saturated rings. The molecule has 202 valence electrons. The van der Waals surface area contributed by atoms with Crippen molar-refractivity contribution in [3.63, 3.8) is 0 Å². The van der Waals surface area contributed by atoms with Crippen LogP contribution >= 0.6 is 7.52 Å². The summed E-state index contributed by atoms with van der Waals surface area (Å²) in [5.41, 5.74) is 0.526. The average Bonchev–Trinajstić information content (AvgIpc) is 2.93. The van der Waals surface area contributed by atoms with Crippen LogP contribution in [-0.4, -0.2) is 27.7 Å². The summed E-state index contributed by atoms with van der Waals surface area (Å²) in [6.07, 6.45) is 3.03. The van der Waals surface area contributed by atoms with Crippen LogP contribution in [0.25, 0.3) is 10.8 Å². The lowest BCUT2D eigenvalue weighted by Gasteiger charge is -2.24. The zero-order valence-corrected chi connectivity index (χ0v) is 22.6. The Kier molecular flexibility index (Phi) is 8.96. The van der Waals surface area contributed by atoms with E-state index in [-0.39, 0.29) is 19.3 Å². The Morgan fingerprint density at radius 2 is 1.74 bits per heavy atom. The Balaban J connectivity index is 1.55. The van der Waals surface area contributed by atoms with Crippen LogP contribution in [-0.2, 0) is 27.2 Å². The molecule has 4 aromatic rings. The van der Waals surface area contributed by atoms with E-state index in [2.05, 4.69) is 10.1 Å². The van der Waals surface area contributed by atoms with Gasteiger partial charge in [-0.25, -0.2) is 9.88 Å². The number of ether oxygens (including phenoxy) is 1. The van der Waals surface area contributed by atoms with E-state index in [1.807, 2.05) is 66.7 Å². The molecule has 1 aromatic heterocycles. The zero-order valence-electron chi connectivity index (χ0n) is 21.7. The first-order valence-corrected chi connectivity index (χ1v) is 14.2. The molecule has 0 radical (unpaired) electrons. The number of fused-ring (bicyclic) bond motifs is 1. The summed E-state index contributed by atoms with van der Waals surface area (Å²) >= 11 is 0. The number of nitrogens with zero attached hydrogens (tertiary/aromatic N) is 1. The molecule has 1 unspecified atom stereocenters. The number of H-pyrrole nitrogens is 1. The van der Waals surface area contributed by atoms with Gasteiger partial charge in [0, 0.05) is 24.2 Å². The number of hydrogen-bond acceptors (Lipinski definition) is 6. The molecular formula is C29H30N3O6P. The number of allylic oxidation sites excluding steroid dienone is 2. The topological polar surface area (TPSA) is 119 Å². The number of carbonyl (C=O) groups is 1. The Hall–Kier alpha value is -4.20. The van der Waals surface area contributed by atoms with Gasteiger partial charge >= 0.3 is 19.2 Å². The summed E-state index contributed by atoms with van der Waals surface area (Å²) in [7, 11) is -3.70. The van der Waals surface area contributed by atoms with Gasteiger partial charge in [0.1, 0.15) is 18.4 Å². The Morgan fingerprint density at radius 1 is 1.03 bits per heavy atom. The summed E-state index contributed by atoms with van der Waals surface area (Å²) in [6, 6.07) is 22.6. The molecule has 0 spiro atoms. The maximum absolute atomic E-state index is 14.2. The smallest absolute Gasteiger partial charge is 0.328 e. The number of hydrogen-bond donors (Lipinski definition) is 2. The molecule has 0 amide bonds. The van der Waals surface area contributed by atoms with E-state index in [0.29, 0.717) is 11.3 Å². The monoisotopic (exact) mass is 547 g/mol. The molecule has 2 N–H and O–H groups in total. The molecule has 0 saturated carbocycles. The first-order chi connectivity index (χ1) is 18.7. The zero-order chi connectivity index (χ0) is 27.8. The van der Waals surface area contributed by atoms with Gasteiger partial charge in [0.25, 0.3) is 5.56 Å². The molecule has 1 heterocycles. The van der Waals surface area contributed by atoms with Crippen LogP contribution in [0.5, 0.6) is 5.75 Å². The summed E-state index contributed by atoms with van der Waals surface area (Å²) in [6.45, 7) is 3.62. The molecule has 0 aliphatic heterocycles. The lowest BCUT2D eigenvalue weighted by atomic mass is 10.1. The average molecular weight is 548 g/mol. The fraction of sp³-hybridized carbons (Fsp3) is 0.207. The lowest BCUT2D eigenvalue weighted by molar-refractivity contribution is -0.146. The summed E-state index contributed by atoms with van der Waals surface area (Å²) in [5.74, 6) is -0.155. The maximum atomic E-state index is 14.2. The van der Waals surface area contributed by atoms with Gasteiger partial charge in [0.05, 0.1) is 6.16 Å². The predicted octanol–water partition coefficient (Wildman–Crippen LogP) is 4.63. The van der Waals surface area contributed by atoms with Crippen molar-refractivity contribution in [2.24, 2.45) is 0 Å². The molecule has 0 saturated heterocycles. The molecular weight excluding hydrogens is 517 g/mol. The van der Waals surface area contributed by atoms with Crippen molar-refractivity contribution in [3.8, 4) is 5.75 Å². The van der Waals surface area contributed by atoms with Gasteiger partial charge < -0.3 is 9.26 Å². The van der Waals surface area contributed by atoms with Crippen LogP contribution in [0.2, 0.25) is 0 Å². The van der Waals surface area contributed by atoms with E-state index < -0.39 is 30.8 Å². The van der Waals surface area contributed by atoms with Crippen molar-refractivity contribution in [1.82, 2.24) is 14.6 Å². The fourth-order valence-electron chi connectivity index (χ4n) is 3.93. The first-order valence-electron chi connectivity index (χ1n) is 12.4. The highest BCUT2D eigenvalue weighted by Gasteiger charge is 2.30. The molecule has 10 heteroatoms. The van der Waals surface area contributed by atoms with Crippen LogP contribution in [0.1, 0.15) is 19.4 Å². The molecule has 2 atom stereocenters. The molecule has 9 nitrogen and oxygen atoms in total. The van der Waals surface area contributed by atoms with E-state index in [4.69, 9.17) is 9.26 Å². The summed E-state index contributed by atoms with van der Waals surface area (Å²) in [4.78, 5) is 38.4. The third-order valence-corrected chi connectivity index (χ3v) is 7.90. The Bertz CT molecular complexity index is 1640. The minimum atomic E-state index is -3.70. The second-order valence-electron chi connectivity index (χ2n) is 9.16. The van der Waals surface area contributed by atoms with E-state index >= 15 is 0 Å². The van der Waals surface area contributed by atoms with Gasteiger partial charge in [-0.15, -0.1) is 0 Å². The van der Waals surface area contributed by atoms with Crippen molar-refractivity contribution in [2.75, 3.05) is 6.16 Å². The largest absolute Gasteiger partial charge is 0.460 e. The van der Waals surface area contributed by atoms with Gasteiger partial charge in [-0.05, 0) is 30.9 Å². The van der Waals surface area contributed by atoms with Crippen LogP contribution in [0, 0.1) is 0 Å². The van der Waals surface area contributed by atoms with Crippen LogP contribution in [0.4, 0.5) is 0 Å². The van der Waals surface area contributed by atoms with E-state index in [1.54, 1.807) is 26.0 Å². The van der Waals surface area contributed by atoms with Crippen LogP contribution in [0.3, 0.4) is 0 Å². The number of aromatic amines is 1. The second kappa shape index (κ2) is 12.6. The fourth-order valence-corrected chi connectivity index (χ4v) is 5.89. The van der Waals surface area contributed by atoms with Gasteiger partial charge in [-0.1, -0.05) is 78.4 Å². The van der Waals surface area contributed by atoms with Gasteiger partial charge in [-0.3, -0.25) is 23.7 Å². The molecule has 0 aliphatic carbocycles. The second-order valence-corrected chi connectivity index (χ2v) is 11.3. The highest BCUT2D eigenvalue weighted by molar-refractivity contribution is 7.57. The van der Waals surface area contributed by atoms with Gasteiger partial charge in [0.2, 0.25) is 0 Å². The van der Waals surface area contributed by atoms with Crippen molar-refractivity contribution in [2.45, 2.75) is 33.0 Å². The van der Waals surface area contributed by atoms with E-state index in [0.717, 1.165) is 16.3 Å². The van der Waals surface area contributed by atoms with Crippen LogP contribution < -0.4 is 20.9 Å². The molecule has 0 bridgehead atoms. The number of aromatic nitrogens is 2. The minimum absolute atomic E-state index is 0.0591. The number of rotatable bonds is 11. The maximum Gasteiger partial charge on any atom is 0.328 e. The number of nitrogens with one attached hydrogen (secondary N) is 2. The van der Waals surface area contributed by atoms with Crippen molar-refractivity contribution in [1.29, 1.82) is 0 Å². The number of benzene rings is 3. The third kappa shape index (κ3) is 7.66.